The van der Waals surface area contributed by atoms with Gasteiger partial charge < -0.3 is 19.3 Å². The Morgan fingerprint density at radius 3 is 2.74 bits per heavy atom. The number of aliphatic hydroxyl groups is 1. The second kappa shape index (κ2) is 12.4. The second-order valence-corrected chi connectivity index (χ2v) is 10.0. The van der Waals surface area contributed by atoms with E-state index in [0.717, 1.165) is 42.6 Å². The first-order chi connectivity index (χ1) is 16.1. The summed E-state index contributed by atoms with van der Waals surface area (Å²) in [6.45, 7) is 4.64. The van der Waals surface area contributed by atoms with Gasteiger partial charge in [-0.3, -0.25) is 5.32 Å². The fraction of sp³-hybridized carbons (Fsp3) is 0.538. The summed E-state index contributed by atoms with van der Waals surface area (Å²) in [7, 11) is 0. The summed E-state index contributed by atoms with van der Waals surface area (Å²) in [5, 5.41) is 13.4. The minimum absolute atomic E-state index is 0.0486. The van der Waals surface area contributed by atoms with Crippen LogP contribution in [0.2, 0.25) is 0 Å². The van der Waals surface area contributed by atoms with Gasteiger partial charge >= 0.3 is 0 Å². The standard InChI is InChI=1S/C26H34BrF2NO4/c1-25(2)33-17-20-14-19(10-11-23(20)34-25)15-24(31)30-12-5-3-4-6-13-32-18-26(28,29)21-8-7-9-22(27)16-21/h7-11,14,16,24,30-31H,3-6,12-13,15,17-18H2,1-2H3/t24-/m0/s1. The van der Waals surface area contributed by atoms with Gasteiger partial charge in [-0.05, 0) is 49.2 Å². The lowest BCUT2D eigenvalue weighted by molar-refractivity contribution is -0.180. The summed E-state index contributed by atoms with van der Waals surface area (Å²) in [5.41, 5.74) is 1.95. The molecule has 2 N–H and O–H groups in total. The van der Waals surface area contributed by atoms with Crippen molar-refractivity contribution < 1.29 is 28.1 Å². The number of nitrogens with one attached hydrogen (secondary N) is 1. The van der Waals surface area contributed by atoms with E-state index in [9.17, 15) is 13.9 Å². The van der Waals surface area contributed by atoms with Gasteiger partial charge in [-0.2, -0.15) is 8.78 Å². The minimum Gasteiger partial charge on any atom is -0.463 e. The van der Waals surface area contributed by atoms with Crippen molar-refractivity contribution in [2.24, 2.45) is 0 Å². The topological polar surface area (TPSA) is 60.0 Å². The lowest BCUT2D eigenvalue weighted by Gasteiger charge is -2.32. The fourth-order valence-corrected chi connectivity index (χ4v) is 4.16. The summed E-state index contributed by atoms with van der Waals surface area (Å²) < 4.78 is 45.6. The van der Waals surface area contributed by atoms with Crippen molar-refractivity contribution in [3.63, 3.8) is 0 Å². The molecule has 1 aliphatic rings. The monoisotopic (exact) mass is 541 g/mol. The summed E-state index contributed by atoms with van der Waals surface area (Å²) in [4.78, 5) is 0. The maximum absolute atomic E-state index is 14.2. The fourth-order valence-electron chi connectivity index (χ4n) is 3.76. The summed E-state index contributed by atoms with van der Waals surface area (Å²) in [6, 6.07) is 12.0. The Labute approximate surface area is 208 Å². The van der Waals surface area contributed by atoms with E-state index in [1.807, 2.05) is 32.0 Å². The maximum Gasteiger partial charge on any atom is 0.296 e. The van der Waals surface area contributed by atoms with Crippen LogP contribution in [0.25, 0.3) is 0 Å². The molecule has 0 radical (unpaired) electrons. The van der Waals surface area contributed by atoms with E-state index in [0.29, 0.717) is 30.7 Å². The van der Waals surface area contributed by atoms with Crippen LogP contribution in [0, 0.1) is 0 Å². The predicted octanol–water partition coefficient (Wildman–Crippen LogP) is 5.91. The molecule has 0 saturated carbocycles. The lowest BCUT2D eigenvalue weighted by atomic mass is 10.1. The summed E-state index contributed by atoms with van der Waals surface area (Å²) >= 11 is 3.22. The molecule has 1 aliphatic heterocycles. The molecule has 5 nitrogen and oxygen atoms in total. The number of benzene rings is 2. The van der Waals surface area contributed by atoms with Crippen molar-refractivity contribution >= 4 is 15.9 Å². The van der Waals surface area contributed by atoms with Crippen LogP contribution in [0.3, 0.4) is 0 Å². The van der Waals surface area contributed by atoms with Crippen molar-refractivity contribution in [1.82, 2.24) is 5.32 Å². The maximum atomic E-state index is 14.2. The van der Waals surface area contributed by atoms with E-state index in [1.54, 1.807) is 12.1 Å². The van der Waals surface area contributed by atoms with Gasteiger partial charge in [0.25, 0.3) is 5.92 Å². The molecule has 1 atom stereocenters. The molecule has 0 unspecified atom stereocenters. The third-order valence-corrected chi connectivity index (χ3v) is 6.10. The molecule has 3 rings (SSSR count). The molecule has 34 heavy (non-hydrogen) atoms. The SMILES string of the molecule is CC1(C)OCc2cc(C[C@H](O)NCCCCCCOCC(F)(F)c3cccc(Br)c3)ccc2O1. The Morgan fingerprint density at radius 2 is 1.94 bits per heavy atom. The van der Waals surface area contributed by atoms with E-state index in [-0.39, 0.29) is 5.56 Å². The number of hydrogen-bond donors (Lipinski definition) is 2. The van der Waals surface area contributed by atoms with E-state index in [2.05, 4.69) is 21.2 Å². The second-order valence-electron chi connectivity index (χ2n) is 9.09. The van der Waals surface area contributed by atoms with Gasteiger partial charge in [-0.25, -0.2) is 0 Å². The quantitative estimate of drug-likeness (QED) is 0.243. The Morgan fingerprint density at radius 1 is 1.15 bits per heavy atom. The molecule has 0 aromatic heterocycles. The van der Waals surface area contributed by atoms with Crippen LogP contribution in [0.1, 0.15) is 56.2 Å². The van der Waals surface area contributed by atoms with Gasteiger partial charge in [0.15, 0.2) is 0 Å². The highest BCUT2D eigenvalue weighted by molar-refractivity contribution is 9.10. The van der Waals surface area contributed by atoms with Gasteiger partial charge in [-0.15, -0.1) is 0 Å². The number of hydrogen-bond acceptors (Lipinski definition) is 5. The van der Waals surface area contributed by atoms with Crippen molar-refractivity contribution in [3.8, 4) is 5.75 Å². The smallest absolute Gasteiger partial charge is 0.296 e. The van der Waals surface area contributed by atoms with E-state index >= 15 is 0 Å². The summed E-state index contributed by atoms with van der Waals surface area (Å²) in [5.74, 6) is -2.80. The molecule has 2 aromatic carbocycles. The van der Waals surface area contributed by atoms with Crippen molar-refractivity contribution in [2.45, 2.75) is 70.5 Å². The van der Waals surface area contributed by atoms with Crippen LogP contribution in [-0.2, 0) is 28.4 Å². The first-order valence-corrected chi connectivity index (χ1v) is 12.5. The minimum atomic E-state index is -3.00. The molecule has 0 fully saturated rings. The Kier molecular flexibility index (Phi) is 9.85. The molecule has 0 amide bonds. The molecule has 1 heterocycles. The first kappa shape index (κ1) is 27.0. The highest BCUT2D eigenvalue weighted by Gasteiger charge is 2.32. The van der Waals surface area contributed by atoms with Crippen molar-refractivity contribution in [3.05, 3.63) is 63.6 Å². The molecular weight excluding hydrogens is 508 g/mol. The van der Waals surface area contributed by atoms with E-state index < -0.39 is 24.5 Å². The molecule has 188 valence electrons. The van der Waals surface area contributed by atoms with Crippen LogP contribution in [0.4, 0.5) is 8.78 Å². The van der Waals surface area contributed by atoms with E-state index in [1.165, 1.54) is 12.1 Å². The predicted molar refractivity (Wildman–Crippen MR) is 131 cm³/mol. The van der Waals surface area contributed by atoms with Crippen LogP contribution in [0.5, 0.6) is 5.75 Å². The van der Waals surface area contributed by atoms with Crippen LogP contribution in [0.15, 0.2) is 46.9 Å². The normalized spacial score (nSPS) is 16.1. The zero-order valence-electron chi connectivity index (χ0n) is 19.8. The van der Waals surface area contributed by atoms with Crippen molar-refractivity contribution in [1.29, 1.82) is 0 Å². The number of halogens is 3. The lowest BCUT2D eigenvalue weighted by Crippen LogP contribution is -2.35. The molecule has 0 saturated heterocycles. The number of alkyl halides is 2. The largest absolute Gasteiger partial charge is 0.463 e. The highest BCUT2D eigenvalue weighted by Crippen LogP contribution is 2.32. The van der Waals surface area contributed by atoms with Gasteiger partial charge in [0.1, 0.15) is 18.6 Å². The van der Waals surface area contributed by atoms with Gasteiger partial charge in [0.2, 0.25) is 5.79 Å². The van der Waals surface area contributed by atoms with Crippen LogP contribution >= 0.6 is 15.9 Å². The van der Waals surface area contributed by atoms with E-state index in [4.69, 9.17) is 14.2 Å². The zero-order chi connectivity index (χ0) is 24.6. The third kappa shape index (κ3) is 8.57. The molecule has 0 bridgehead atoms. The third-order valence-electron chi connectivity index (χ3n) is 5.61. The first-order valence-electron chi connectivity index (χ1n) is 11.7. The van der Waals surface area contributed by atoms with Crippen LogP contribution < -0.4 is 10.1 Å². The van der Waals surface area contributed by atoms with Gasteiger partial charge in [-0.1, -0.05) is 47.0 Å². The summed E-state index contributed by atoms with van der Waals surface area (Å²) in [6.07, 6.45) is 3.31. The van der Waals surface area contributed by atoms with Crippen LogP contribution in [-0.4, -0.2) is 36.9 Å². The average Bonchev–Trinajstić information content (AvgIpc) is 2.77. The Bertz CT molecular complexity index is 925. The number of unbranched alkanes of at least 4 members (excludes halogenated alkanes) is 3. The number of ether oxygens (including phenoxy) is 3. The number of fused-ring (bicyclic) bond motifs is 1. The van der Waals surface area contributed by atoms with Gasteiger partial charge in [0, 0.05) is 42.5 Å². The molecule has 0 spiro atoms. The molecule has 2 aromatic rings. The van der Waals surface area contributed by atoms with Gasteiger partial charge in [0.05, 0.1) is 6.61 Å². The van der Waals surface area contributed by atoms with Crippen molar-refractivity contribution in [2.75, 3.05) is 19.8 Å². The molecule has 8 heteroatoms. The molecular formula is C26H34BrF2NO4. The highest BCUT2D eigenvalue weighted by atomic mass is 79.9. The Balaban J connectivity index is 1.24. The number of aliphatic hydroxyl groups excluding tert-OH is 1. The zero-order valence-corrected chi connectivity index (χ0v) is 21.4. The average molecular weight is 542 g/mol. The molecule has 0 aliphatic carbocycles. The Hall–Kier alpha value is -1.58. The number of rotatable bonds is 13.